The number of para-hydroxylation sites is 2. The number of esters is 2. The normalized spacial score (nSPS) is 13.7. The summed E-state index contributed by atoms with van der Waals surface area (Å²) < 4.78 is 9.85. The lowest BCUT2D eigenvalue weighted by Crippen LogP contribution is -2.15. The van der Waals surface area contributed by atoms with E-state index in [1.807, 2.05) is 0 Å². The van der Waals surface area contributed by atoms with Crippen LogP contribution in [0.3, 0.4) is 0 Å². The lowest BCUT2D eigenvalue weighted by Gasteiger charge is -2.08. The summed E-state index contributed by atoms with van der Waals surface area (Å²) in [5.74, 6) is -0.806. The smallest absolute Gasteiger partial charge is 0.355 e. The first-order valence-corrected chi connectivity index (χ1v) is 5.17. The maximum absolute atomic E-state index is 11.5. The molecular weight excluding hydrogens is 222 g/mol. The Hall–Kier alpha value is -2.30. The fourth-order valence-electron chi connectivity index (χ4n) is 1.41. The third-order valence-electron chi connectivity index (χ3n) is 2.12. The van der Waals surface area contributed by atoms with E-state index in [1.54, 1.807) is 31.2 Å². The van der Waals surface area contributed by atoms with Crippen molar-refractivity contribution >= 4 is 17.6 Å². The monoisotopic (exact) mass is 233 g/mol. The average Bonchev–Trinajstić information content (AvgIpc) is 2.47. The fourth-order valence-corrected chi connectivity index (χ4v) is 1.41. The van der Waals surface area contributed by atoms with Crippen LogP contribution in [0.15, 0.2) is 36.0 Å². The van der Waals surface area contributed by atoms with Crippen molar-refractivity contribution in [3.05, 3.63) is 36.0 Å². The maximum atomic E-state index is 11.5. The topological polar surface area (TPSA) is 64.6 Å². The molecule has 17 heavy (non-hydrogen) atoms. The van der Waals surface area contributed by atoms with E-state index in [2.05, 4.69) is 5.32 Å². The number of nitrogens with one attached hydrogen (secondary N) is 1. The summed E-state index contributed by atoms with van der Waals surface area (Å²) in [5, 5.41) is 2.82. The SMILES string of the molecule is CCOC(=O)C1=CC(=O)Oc2ccccc2N1. The lowest BCUT2D eigenvalue weighted by molar-refractivity contribution is -0.139. The Morgan fingerprint density at radius 2 is 2.18 bits per heavy atom. The van der Waals surface area contributed by atoms with Gasteiger partial charge in [-0.3, -0.25) is 0 Å². The van der Waals surface area contributed by atoms with Crippen molar-refractivity contribution in [2.45, 2.75) is 6.92 Å². The summed E-state index contributed by atoms with van der Waals surface area (Å²) in [4.78, 5) is 23.0. The first-order chi connectivity index (χ1) is 8.20. The van der Waals surface area contributed by atoms with E-state index >= 15 is 0 Å². The lowest BCUT2D eigenvalue weighted by atomic mass is 10.3. The van der Waals surface area contributed by atoms with Gasteiger partial charge in [0.1, 0.15) is 5.70 Å². The van der Waals surface area contributed by atoms with E-state index in [4.69, 9.17) is 9.47 Å². The van der Waals surface area contributed by atoms with Crippen molar-refractivity contribution in [1.82, 2.24) is 0 Å². The van der Waals surface area contributed by atoms with Crippen molar-refractivity contribution in [3.63, 3.8) is 0 Å². The number of fused-ring (bicyclic) bond motifs is 1. The van der Waals surface area contributed by atoms with Crippen molar-refractivity contribution in [1.29, 1.82) is 0 Å². The molecule has 1 aliphatic rings. The number of benzene rings is 1. The Bertz CT molecular complexity index is 493. The van der Waals surface area contributed by atoms with E-state index < -0.39 is 11.9 Å². The Balaban J connectivity index is 2.31. The van der Waals surface area contributed by atoms with Crippen molar-refractivity contribution in [3.8, 4) is 5.75 Å². The molecule has 0 bridgehead atoms. The van der Waals surface area contributed by atoms with E-state index in [9.17, 15) is 9.59 Å². The summed E-state index contributed by atoms with van der Waals surface area (Å²) in [6, 6.07) is 6.86. The van der Waals surface area contributed by atoms with E-state index in [1.165, 1.54) is 0 Å². The summed E-state index contributed by atoms with van der Waals surface area (Å²) in [6.07, 6.45) is 1.08. The summed E-state index contributed by atoms with van der Waals surface area (Å²) in [5.41, 5.74) is 0.624. The Labute approximate surface area is 98.0 Å². The van der Waals surface area contributed by atoms with Crippen LogP contribution in [0.5, 0.6) is 5.75 Å². The molecule has 1 aromatic carbocycles. The van der Waals surface area contributed by atoms with Crippen LogP contribution in [0.2, 0.25) is 0 Å². The van der Waals surface area contributed by atoms with Crippen LogP contribution in [-0.2, 0) is 14.3 Å². The summed E-state index contributed by atoms with van der Waals surface area (Å²) in [7, 11) is 0. The molecule has 0 aliphatic carbocycles. The Morgan fingerprint density at radius 3 is 2.94 bits per heavy atom. The van der Waals surface area contributed by atoms with Gasteiger partial charge in [0, 0.05) is 0 Å². The molecule has 5 nitrogen and oxygen atoms in total. The molecule has 0 radical (unpaired) electrons. The highest BCUT2D eigenvalue weighted by atomic mass is 16.5. The van der Waals surface area contributed by atoms with Gasteiger partial charge >= 0.3 is 11.9 Å². The minimum atomic E-state index is -0.606. The number of anilines is 1. The van der Waals surface area contributed by atoms with Crippen LogP contribution in [0.1, 0.15) is 6.92 Å². The molecule has 1 aliphatic heterocycles. The molecule has 0 fully saturated rings. The number of ether oxygens (including phenoxy) is 2. The van der Waals surface area contributed by atoms with Crippen LogP contribution >= 0.6 is 0 Å². The molecule has 5 heteroatoms. The summed E-state index contributed by atoms with van der Waals surface area (Å²) >= 11 is 0. The second-order valence-electron chi connectivity index (χ2n) is 3.32. The van der Waals surface area contributed by atoms with Crippen LogP contribution in [0, 0.1) is 0 Å². The van der Waals surface area contributed by atoms with Crippen LogP contribution < -0.4 is 10.1 Å². The Kier molecular flexibility index (Phi) is 3.09. The zero-order valence-electron chi connectivity index (χ0n) is 9.23. The number of carbonyl (C=O) groups is 2. The number of rotatable bonds is 2. The molecule has 88 valence electrons. The average molecular weight is 233 g/mol. The third kappa shape index (κ3) is 2.44. The minimum absolute atomic E-state index is 0.0711. The second kappa shape index (κ2) is 4.69. The predicted molar refractivity (Wildman–Crippen MR) is 60.4 cm³/mol. The quantitative estimate of drug-likeness (QED) is 0.619. The van der Waals surface area contributed by atoms with E-state index in [0.717, 1.165) is 6.08 Å². The molecule has 0 aromatic heterocycles. The first-order valence-electron chi connectivity index (χ1n) is 5.17. The van der Waals surface area contributed by atoms with Gasteiger partial charge in [0.05, 0.1) is 18.4 Å². The molecule has 1 heterocycles. The van der Waals surface area contributed by atoms with Crippen molar-refractivity contribution in [2.24, 2.45) is 0 Å². The first kappa shape index (κ1) is 11.2. The van der Waals surface area contributed by atoms with Crippen molar-refractivity contribution in [2.75, 3.05) is 11.9 Å². The molecule has 0 saturated heterocycles. The van der Waals surface area contributed by atoms with Gasteiger partial charge in [0.25, 0.3) is 0 Å². The highest BCUT2D eigenvalue weighted by Crippen LogP contribution is 2.27. The third-order valence-corrected chi connectivity index (χ3v) is 2.12. The molecule has 0 spiro atoms. The van der Waals surface area contributed by atoms with Gasteiger partial charge in [-0.05, 0) is 19.1 Å². The molecule has 2 rings (SSSR count). The van der Waals surface area contributed by atoms with Gasteiger partial charge < -0.3 is 14.8 Å². The van der Waals surface area contributed by atoms with Crippen LogP contribution in [0.4, 0.5) is 5.69 Å². The van der Waals surface area contributed by atoms with Gasteiger partial charge in [-0.25, -0.2) is 9.59 Å². The summed E-state index contributed by atoms with van der Waals surface area (Å²) in [6.45, 7) is 1.94. The zero-order valence-corrected chi connectivity index (χ0v) is 9.23. The molecule has 0 unspecified atom stereocenters. The highest BCUT2D eigenvalue weighted by molar-refractivity contribution is 6.01. The molecule has 1 N–H and O–H groups in total. The largest absolute Gasteiger partial charge is 0.461 e. The molecular formula is C12H11NO4. The Morgan fingerprint density at radius 1 is 1.41 bits per heavy atom. The molecule has 0 amide bonds. The predicted octanol–water partition coefficient (Wildman–Crippen LogP) is 1.46. The van der Waals surface area contributed by atoms with Gasteiger partial charge in [0.2, 0.25) is 0 Å². The second-order valence-corrected chi connectivity index (χ2v) is 3.32. The minimum Gasteiger partial charge on any atom is -0.461 e. The highest BCUT2D eigenvalue weighted by Gasteiger charge is 2.20. The molecule has 0 atom stereocenters. The zero-order chi connectivity index (χ0) is 12.3. The standard InChI is InChI=1S/C12H11NO4/c1-2-16-12(15)9-7-11(14)17-10-6-4-3-5-8(10)13-9/h3-7,13H,2H2,1H3. The van der Waals surface area contributed by atoms with Gasteiger partial charge in [0.15, 0.2) is 5.75 Å². The van der Waals surface area contributed by atoms with Gasteiger partial charge in [-0.15, -0.1) is 0 Å². The number of hydrogen-bond acceptors (Lipinski definition) is 5. The maximum Gasteiger partial charge on any atom is 0.355 e. The van der Waals surface area contributed by atoms with Crippen LogP contribution in [0.25, 0.3) is 0 Å². The molecule has 0 saturated carbocycles. The fraction of sp³-hybridized carbons (Fsp3) is 0.167. The van der Waals surface area contributed by atoms with Gasteiger partial charge in [-0.2, -0.15) is 0 Å². The molecule has 1 aromatic rings. The van der Waals surface area contributed by atoms with E-state index in [-0.39, 0.29) is 12.3 Å². The van der Waals surface area contributed by atoms with Crippen molar-refractivity contribution < 1.29 is 19.1 Å². The van der Waals surface area contributed by atoms with Crippen LogP contribution in [-0.4, -0.2) is 18.5 Å². The van der Waals surface area contributed by atoms with E-state index in [0.29, 0.717) is 11.4 Å². The van der Waals surface area contributed by atoms with Gasteiger partial charge in [-0.1, -0.05) is 12.1 Å². The number of carbonyl (C=O) groups excluding carboxylic acids is 2. The number of hydrogen-bond donors (Lipinski definition) is 1.